The molecule has 1 aliphatic rings. The number of rotatable bonds is 7. The lowest BCUT2D eigenvalue weighted by atomic mass is 10.0. The molecule has 8 heteroatoms. The number of aryl methyl sites for hydroxylation is 1. The summed E-state index contributed by atoms with van der Waals surface area (Å²) in [4.78, 5) is 26.1. The number of nitrogens with one attached hydrogen (secondary N) is 1. The van der Waals surface area contributed by atoms with Gasteiger partial charge in [-0.25, -0.2) is 4.79 Å². The zero-order chi connectivity index (χ0) is 17.0. The summed E-state index contributed by atoms with van der Waals surface area (Å²) in [5, 5.41) is 28.9. The van der Waals surface area contributed by atoms with Crippen LogP contribution < -0.4 is 11.2 Å². The van der Waals surface area contributed by atoms with Crippen molar-refractivity contribution in [2.45, 2.75) is 63.6 Å². The summed E-state index contributed by atoms with van der Waals surface area (Å²) in [7, 11) is 0. The summed E-state index contributed by atoms with van der Waals surface area (Å²) in [6, 6.07) is 0. The minimum absolute atomic E-state index is 0.0718. The highest BCUT2D eigenvalue weighted by Gasteiger charge is 2.44. The molecule has 2 heterocycles. The van der Waals surface area contributed by atoms with E-state index in [1.165, 1.54) is 10.8 Å². The molecule has 0 bridgehead atoms. The molecular formula is C15H24N2O6. The van der Waals surface area contributed by atoms with Crippen molar-refractivity contribution < 1.29 is 20.1 Å². The smallest absolute Gasteiger partial charge is 0.328 e. The van der Waals surface area contributed by atoms with E-state index in [9.17, 15) is 19.8 Å². The van der Waals surface area contributed by atoms with Crippen molar-refractivity contribution in [2.24, 2.45) is 0 Å². The minimum Gasteiger partial charge on any atom is -0.394 e. The number of aliphatic hydroxyl groups is 3. The number of hydrogen-bond donors (Lipinski definition) is 4. The van der Waals surface area contributed by atoms with Crippen LogP contribution in [0.1, 0.15) is 44.3 Å². The fourth-order valence-corrected chi connectivity index (χ4v) is 2.76. The van der Waals surface area contributed by atoms with Gasteiger partial charge in [0.05, 0.1) is 12.2 Å². The maximum Gasteiger partial charge on any atom is 0.328 e. The zero-order valence-corrected chi connectivity index (χ0v) is 13.1. The lowest BCUT2D eigenvalue weighted by Crippen LogP contribution is -2.36. The number of H-pyrrole nitrogens is 1. The van der Waals surface area contributed by atoms with Gasteiger partial charge >= 0.3 is 5.69 Å². The molecule has 4 atom stereocenters. The number of unbranched alkanes of at least 4 members (excludes halogenated alkanes) is 3. The SMILES string of the molecule is CCCCCCn1cc([C@@H]2O[C@H](CO)[C@@H](O)[C@H]2O)c(=O)[nH]c1=O. The Morgan fingerprint density at radius 2 is 1.96 bits per heavy atom. The summed E-state index contributed by atoms with van der Waals surface area (Å²) >= 11 is 0. The van der Waals surface area contributed by atoms with Crippen molar-refractivity contribution >= 4 is 0 Å². The van der Waals surface area contributed by atoms with Crippen LogP contribution in [0.25, 0.3) is 0 Å². The van der Waals surface area contributed by atoms with Gasteiger partial charge in [0, 0.05) is 12.7 Å². The molecule has 4 N–H and O–H groups in total. The summed E-state index contributed by atoms with van der Waals surface area (Å²) in [6.07, 6.45) is 0.642. The van der Waals surface area contributed by atoms with Crippen LogP contribution in [0.3, 0.4) is 0 Å². The first-order valence-electron chi connectivity index (χ1n) is 7.95. The van der Waals surface area contributed by atoms with Crippen molar-refractivity contribution in [1.82, 2.24) is 9.55 Å². The Kier molecular flexibility index (Phi) is 6.11. The van der Waals surface area contributed by atoms with Crippen LogP contribution in [-0.2, 0) is 11.3 Å². The number of aliphatic hydroxyl groups excluding tert-OH is 3. The number of ether oxygens (including phenoxy) is 1. The van der Waals surface area contributed by atoms with E-state index in [4.69, 9.17) is 9.84 Å². The maximum absolute atomic E-state index is 12.0. The van der Waals surface area contributed by atoms with Crippen molar-refractivity contribution in [1.29, 1.82) is 0 Å². The molecule has 1 saturated heterocycles. The topological polar surface area (TPSA) is 125 Å². The number of aromatic nitrogens is 2. The fourth-order valence-electron chi connectivity index (χ4n) is 2.76. The molecule has 0 amide bonds. The molecule has 1 aromatic heterocycles. The quantitative estimate of drug-likeness (QED) is 0.489. The third-order valence-corrected chi connectivity index (χ3v) is 4.14. The number of hydrogen-bond acceptors (Lipinski definition) is 6. The van der Waals surface area contributed by atoms with E-state index in [-0.39, 0.29) is 5.56 Å². The van der Waals surface area contributed by atoms with E-state index in [0.717, 1.165) is 25.7 Å². The molecule has 130 valence electrons. The van der Waals surface area contributed by atoms with Crippen LogP contribution in [-0.4, -0.2) is 49.8 Å². The molecule has 23 heavy (non-hydrogen) atoms. The second-order valence-corrected chi connectivity index (χ2v) is 5.86. The molecular weight excluding hydrogens is 304 g/mol. The predicted molar refractivity (Wildman–Crippen MR) is 82.2 cm³/mol. The van der Waals surface area contributed by atoms with Gasteiger partial charge < -0.3 is 24.6 Å². The minimum atomic E-state index is -1.33. The largest absolute Gasteiger partial charge is 0.394 e. The van der Waals surface area contributed by atoms with E-state index in [2.05, 4.69) is 11.9 Å². The highest BCUT2D eigenvalue weighted by atomic mass is 16.6. The maximum atomic E-state index is 12.0. The summed E-state index contributed by atoms with van der Waals surface area (Å²) in [5.41, 5.74) is -1.10. The average Bonchev–Trinajstić information content (AvgIpc) is 2.81. The lowest BCUT2D eigenvalue weighted by molar-refractivity contribution is -0.0233. The van der Waals surface area contributed by atoms with Crippen LogP contribution in [0.5, 0.6) is 0 Å². The highest BCUT2D eigenvalue weighted by Crippen LogP contribution is 2.31. The van der Waals surface area contributed by atoms with E-state index >= 15 is 0 Å². The molecule has 0 aliphatic carbocycles. The molecule has 0 aromatic carbocycles. The number of nitrogens with zero attached hydrogens (tertiary/aromatic N) is 1. The normalized spacial score (nSPS) is 27.5. The Balaban J connectivity index is 2.22. The molecule has 1 aromatic rings. The lowest BCUT2D eigenvalue weighted by Gasteiger charge is -2.15. The van der Waals surface area contributed by atoms with Gasteiger partial charge in [-0.15, -0.1) is 0 Å². The van der Waals surface area contributed by atoms with Crippen molar-refractivity contribution in [3.8, 4) is 0 Å². The van der Waals surface area contributed by atoms with E-state index < -0.39 is 42.3 Å². The predicted octanol–water partition coefficient (Wildman–Crippen LogP) is -0.729. The third-order valence-electron chi connectivity index (χ3n) is 4.14. The Bertz CT molecular complexity index is 625. The second-order valence-electron chi connectivity index (χ2n) is 5.86. The van der Waals surface area contributed by atoms with Gasteiger partial charge in [-0.2, -0.15) is 0 Å². The van der Waals surface area contributed by atoms with E-state index in [0.29, 0.717) is 6.54 Å². The van der Waals surface area contributed by atoms with Crippen molar-refractivity contribution in [3.05, 3.63) is 32.6 Å². The molecule has 2 rings (SSSR count). The molecule has 0 radical (unpaired) electrons. The van der Waals surface area contributed by atoms with Crippen molar-refractivity contribution in [2.75, 3.05) is 6.61 Å². The second kappa shape index (κ2) is 7.87. The van der Waals surface area contributed by atoms with E-state index in [1.807, 2.05) is 0 Å². The van der Waals surface area contributed by atoms with Gasteiger partial charge in [0.1, 0.15) is 24.4 Å². The number of aromatic amines is 1. The van der Waals surface area contributed by atoms with Crippen LogP contribution in [0.2, 0.25) is 0 Å². The Morgan fingerprint density at radius 1 is 1.22 bits per heavy atom. The van der Waals surface area contributed by atoms with Gasteiger partial charge in [-0.05, 0) is 6.42 Å². The molecule has 8 nitrogen and oxygen atoms in total. The fraction of sp³-hybridized carbons (Fsp3) is 0.733. The van der Waals surface area contributed by atoms with Gasteiger partial charge in [-0.3, -0.25) is 9.78 Å². The highest BCUT2D eigenvalue weighted by molar-refractivity contribution is 5.14. The van der Waals surface area contributed by atoms with Crippen LogP contribution in [0.4, 0.5) is 0 Å². The summed E-state index contributed by atoms with van der Waals surface area (Å²) in [6.45, 7) is 2.08. The summed E-state index contributed by atoms with van der Waals surface area (Å²) < 4.78 is 6.73. The van der Waals surface area contributed by atoms with E-state index in [1.54, 1.807) is 0 Å². The molecule has 0 saturated carbocycles. The van der Waals surface area contributed by atoms with Gasteiger partial charge in [0.2, 0.25) is 0 Å². The summed E-state index contributed by atoms with van der Waals surface area (Å²) in [5.74, 6) is 0. The van der Waals surface area contributed by atoms with Crippen LogP contribution in [0, 0.1) is 0 Å². The third kappa shape index (κ3) is 3.89. The monoisotopic (exact) mass is 328 g/mol. The molecule has 0 spiro atoms. The van der Waals surface area contributed by atoms with Crippen LogP contribution in [0.15, 0.2) is 15.8 Å². The first kappa shape index (κ1) is 17.9. The molecule has 1 fully saturated rings. The average molecular weight is 328 g/mol. The van der Waals surface area contributed by atoms with Gasteiger partial charge in [0.15, 0.2) is 0 Å². The first-order valence-corrected chi connectivity index (χ1v) is 7.95. The zero-order valence-electron chi connectivity index (χ0n) is 13.1. The van der Waals surface area contributed by atoms with Gasteiger partial charge in [0.25, 0.3) is 5.56 Å². The molecule has 1 aliphatic heterocycles. The first-order chi connectivity index (χ1) is 11.0. The Labute approximate surface area is 133 Å². The van der Waals surface area contributed by atoms with Crippen LogP contribution >= 0.6 is 0 Å². The molecule has 0 unspecified atom stereocenters. The van der Waals surface area contributed by atoms with Crippen molar-refractivity contribution in [3.63, 3.8) is 0 Å². The standard InChI is InChI=1S/C15H24N2O6/c1-2-3-4-5-6-17-7-9(14(21)16-15(17)22)13-12(20)11(19)10(8-18)23-13/h7,10-13,18-20H,2-6,8H2,1H3,(H,16,21,22)/t10-,11-,12-,13+/m1/s1. The Hall–Kier alpha value is -1.48. The Morgan fingerprint density at radius 3 is 2.57 bits per heavy atom. The van der Waals surface area contributed by atoms with Gasteiger partial charge in [-0.1, -0.05) is 26.2 Å².